The lowest BCUT2D eigenvalue weighted by molar-refractivity contribution is -0.0503. The van der Waals surface area contributed by atoms with E-state index >= 15 is 0 Å². The van der Waals surface area contributed by atoms with Crippen molar-refractivity contribution in [2.24, 2.45) is 0 Å². The highest BCUT2D eigenvalue weighted by Crippen LogP contribution is 2.38. The Morgan fingerprint density at radius 3 is 2.77 bits per heavy atom. The summed E-state index contributed by atoms with van der Waals surface area (Å²) in [6.07, 6.45) is -3.79. The van der Waals surface area contributed by atoms with Crippen molar-refractivity contribution >= 4 is 30.8 Å². The molecule has 0 bridgehead atoms. The van der Waals surface area contributed by atoms with Crippen molar-refractivity contribution in [3.05, 3.63) is 6.33 Å². The fourth-order valence-corrected chi connectivity index (χ4v) is 2.97. The van der Waals surface area contributed by atoms with Crippen molar-refractivity contribution in [2.75, 3.05) is 24.2 Å². The first-order valence-electron chi connectivity index (χ1n) is 7.67. The highest BCUT2D eigenvalue weighted by molar-refractivity contribution is 7.46. The molecule has 2 aromatic rings. The zero-order chi connectivity index (χ0) is 19.1. The van der Waals surface area contributed by atoms with Crippen LogP contribution in [-0.4, -0.2) is 71.0 Å². The van der Waals surface area contributed by atoms with E-state index in [4.69, 9.17) is 20.3 Å². The maximum Gasteiger partial charge on any atom is 0.469 e. The summed E-state index contributed by atoms with van der Waals surface area (Å²) in [5, 5.41) is 23.3. The van der Waals surface area contributed by atoms with E-state index in [2.05, 4.69) is 24.8 Å². The molecular weight excluding hydrogens is 371 g/mol. The smallest absolute Gasteiger partial charge is 0.387 e. The Morgan fingerprint density at radius 1 is 1.38 bits per heavy atom. The number of anilines is 2. The molecule has 26 heavy (non-hydrogen) atoms. The van der Waals surface area contributed by atoms with Crippen LogP contribution >= 0.6 is 7.82 Å². The Bertz CT molecular complexity index is 841. The molecule has 0 aromatic carbocycles. The van der Waals surface area contributed by atoms with Gasteiger partial charge in [0.25, 0.3) is 0 Å². The summed E-state index contributed by atoms with van der Waals surface area (Å²) in [5.74, 6) is 0.382. The number of aliphatic hydroxyl groups excluding tert-OH is 2. The number of nitrogens with one attached hydrogen (secondary N) is 1. The monoisotopic (exact) mass is 390 g/mol. The van der Waals surface area contributed by atoms with Crippen molar-refractivity contribution in [3.8, 4) is 0 Å². The Kier molecular flexibility index (Phi) is 5.12. The number of hydrogen-bond donors (Lipinski definition) is 6. The lowest BCUT2D eigenvalue weighted by Crippen LogP contribution is -2.33. The van der Waals surface area contributed by atoms with Crippen LogP contribution in [-0.2, 0) is 13.8 Å². The number of aliphatic hydroxyl groups is 2. The lowest BCUT2D eigenvalue weighted by atomic mass is 10.1. The predicted octanol–water partition coefficient (Wildman–Crippen LogP) is -1.43. The third kappa shape index (κ3) is 3.64. The van der Waals surface area contributed by atoms with Gasteiger partial charge in [-0.3, -0.25) is 9.09 Å². The SMILES string of the molecule is CCNc1nc(N)c2ncn([C@@H]3O[C@H](COP(=O)(O)O)[C@@H](O)[C@H]3O)c2n1. The summed E-state index contributed by atoms with van der Waals surface area (Å²) in [7, 11) is -4.74. The molecule has 144 valence electrons. The number of rotatable bonds is 6. The molecule has 2 aromatic heterocycles. The van der Waals surface area contributed by atoms with Gasteiger partial charge in [0.2, 0.25) is 5.95 Å². The van der Waals surface area contributed by atoms with E-state index in [0.717, 1.165) is 0 Å². The van der Waals surface area contributed by atoms with Crippen LogP contribution in [0.25, 0.3) is 11.2 Å². The average molecular weight is 390 g/mol. The maximum absolute atomic E-state index is 10.8. The second-order valence-electron chi connectivity index (χ2n) is 5.62. The van der Waals surface area contributed by atoms with Gasteiger partial charge in [-0.2, -0.15) is 9.97 Å². The van der Waals surface area contributed by atoms with Gasteiger partial charge in [0.05, 0.1) is 12.9 Å². The largest absolute Gasteiger partial charge is 0.469 e. The first-order valence-corrected chi connectivity index (χ1v) is 9.20. The number of phosphoric acid groups is 1. The van der Waals surface area contributed by atoms with Crippen molar-refractivity contribution in [3.63, 3.8) is 0 Å². The van der Waals surface area contributed by atoms with E-state index in [1.54, 1.807) is 0 Å². The van der Waals surface area contributed by atoms with Crippen molar-refractivity contribution in [1.82, 2.24) is 19.5 Å². The fraction of sp³-hybridized carbons (Fsp3) is 0.583. The van der Waals surface area contributed by atoms with E-state index in [0.29, 0.717) is 6.54 Å². The van der Waals surface area contributed by atoms with Gasteiger partial charge >= 0.3 is 7.82 Å². The van der Waals surface area contributed by atoms with E-state index in [-0.39, 0.29) is 22.9 Å². The molecule has 0 radical (unpaired) electrons. The minimum Gasteiger partial charge on any atom is -0.387 e. The molecule has 7 N–H and O–H groups in total. The quantitative estimate of drug-likeness (QED) is 0.315. The Hall–Kier alpha value is -1.86. The molecular formula is C12H19N6O7P. The molecule has 1 saturated heterocycles. The van der Waals surface area contributed by atoms with Crippen LogP contribution in [0.15, 0.2) is 6.33 Å². The van der Waals surface area contributed by atoms with Gasteiger partial charge in [0, 0.05) is 6.54 Å². The second-order valence-corrected chi connectivity index (χ2v) is 6.86. The summed E-state index contributed by atoms with van der Waals surface area (Å²) >= 11 is 0. The summed E-state index contributed by atoms with van der Waals surface area (Å²) < 4.78 is 22.0. The molecule has 3 rings (SSSR count). The number of imidazole rings is 1. The molecule has 0 aliphatic carbocycles. The van der Waals surface area contributed by atoms with E-state index < -0.39 is 39.0 Å². The number of nitrogens with two attached hydrogens (primary N) is 1. The molecule has 1 aliphatic rings. The molecule has 4 atom stereocenters. The van der Waals surface area contributed by atoms with Crippen LogP contribution in [0.2, 0.25) is 0 Å². The number of ether oxygens (including phenoxy) is 1. The molecule has 1 aliphatic heterocycles. The predicted molar refractivity (Wildman–Crippen MR) is 87.8 cm³/mol. The minimum absolute atomic E-state index is 0.124. The van der Waals surface area contributed by atoms with Gasteiger partial charge in [-0.15, -0.1) is 0 Å². The first-order chi connectivity index (χ1) is 12.2. The number of nitrogen functional groups attached to an aromatic ring is 1. The Labute approximate surface area is 147 Å². The molecule has 0 saturated carbocycles. The number of hydrogen-bond acceptors (Lipinski definition) is 10. The van der Waals surface area contributed by atoms with Crippen molar-refractivity contribution in [2.45, 2.75) is 31.5 Å². The van der Waals surface area contributed by atoms with Gasteiger partial charge in [-0.1, -0.05) is 0 Å². The zero-order valence-corrected chi connectivity index (χ0v) is 14.5. The molecule has 3 heterocycles. The summed E-state index contributed by atoms with van der Waals surface area (Å²) in [5.41, 5.74) is 6.41. The standard InChI is InChI=1S/C12H19N6O7P/c1-2-14-12-16-9(13)6-10(17-12)18(4-15-6)11-8(20)7(19)5(25-11)3-24-26(21,22)23/h4-5,7-8,11,19-20H,2-3H2,1H3,(H2,21,22,23)(H3,13,14,16,17)/t5-,7-,8-,11-/m1/s1. The van der Waals surface area contributed by atoms with Crippen LogP contribution in [0.1, 0.15) is 13.2 Å². The molecule has 14 heteroatoms. The average Bonchev–Trinajstić information content (AvgIpc) is 3.08. The van der Waals surface area contributed by atoms with Gasteiger partial charge in [-0.05, 0) is 6.92 Å². The van der Waals surface area contributed by atoms with Crippen molar-refractivity contribution in [1.29, 1.82) is 0 Å². The van der Waals surface area contributed by atoms with Crippen LogP contribution in [0.5, 0.6) is 0 Å². The molecule has 0 spiro atoms. The summed E-state index contributed by atoms with van der Waals surface area (Å²) in [4.78, 5) is 30.0. The highest BCUT2D eigenvalue weighted by Gasteiger charge is 2.45. The van der Waals surface area contributed by atoms with Gasteiger partial charge in [0.15, 0.2) is 17.7 Å². The van der Waals surface area contributed by atoms with Crippen molar-refractivity contribution < 1.29 is 33.8 Å². The maximum atomic E-state index is 10.8. The number of nitrogens with zero attached hydrogens (tertiary/aromatic N) is 4. The Balaban J connectivity index is 1.90. The molecule has 0 unspecified atom stereocenters. The van der Waals surface area contributed by atoms with Crippen LogP contribution in [0.3, 0.4) is 0 Å². The third-order valence-electron chi connectivity index (χ3n) is 3.80. The zero-order valence-electron chi connectivity index (χ0n) is 13.6. The first kappa shape index (κ1) is 18.9. The minimum atomic E-state index is -4.74. The molecule has 13 nitrogen and oxygen atoms in total. The highest BCUT2D eigenvalue weighted by atomic mass is 31.2. The topological polar surface area (TPSA) is 198 Å². The van der Waals surface area contributed by atoms with E-state index in [9.17, 15) is 14.8 Å². The van der Waals surface area contributed by atoms with Gasteiger partial charge < -0.3 is 35.8 Å². The van der Waals surface area contributed by atoms with Gasteiger partial charge in [-0.25, -0.2) is 9.55 Å². The second kappa shape index (κ2) is 7.04. The van der Waals surface area contributed by atoms with Crippen LogP contribution in [0.4, 0.5) is 11.8 Å². The Morgan fingerprint density at radius 2 is 2.12 bits per heavy atom. The summed E-state index contributed by atoms with van der Waals surface area (Å²) in [6, 6.07) is 0. The van der Waals surface area contributed by atoms with E-state index in [1.165, 1.54) is 10.9 Å². The number of aromatic nitrogens is 4. The van der Waals surface area contributed by atoms with Crippen LogP contribution in [0, 0.1) is 0 Å². The third-order valence-corrected chi connectivity index (χ3v) is 4.29. The van der Waals surface area contributed by atoms with E-state index in [1.807, 2.05) is 6.92 Å². The normalized spacial score (nSPS) is 26.5. The number of phosphoric ester groups is 1. The van der Waals surface area contributed by atoms with Crippen LogP contribution < -0.4 is 11.1 Å². The number of fused-ring (bicyclic) bond motifs is 1. The lowest BCUT2D eigenvalue weighted by Gasteiger charge is -2.17. The van der Waals surface area contributed by atoms with Gasteiger partial charge in [0.1, 0.15) is 23.8 Å². The molecule has 0 amide bonds. The fourth-order valence-electron chi connectivity index (χ4n) is 2.63. The summed E-state index contributed by atoms with van der Waals surface area (Å²) in [6.45, 7) is 1.81. The molecule has 1 fully saturated rings.